The summed E-state index contributed by atoms with van der Waals surface area (Å²) in [6.07, 6.45) is 1.96. The van der Waals surface area contributed by atoms with Crippen molar-refractivity contribution in [1.82, 2.24) is 0 Å². The molecule has 0 amide bonds. The molecule has 0 fully saturated rings. The predicted molar refractivity (Wildman–Crippen MR) is 96.9 cm³/mol. The summed E-state index contributed by atoms with van der Waals surface area (Å²) in [4.78, 5) is 0. The zero-order chi connectivity index (χ0) is 15.5. The van der Waals surface area contributed by atoms with Crippen molar-refractivity contribution in [3.05, 3.63) is 90.0 Å². The summed E-state index contributed by atoms with van der Waals surface area (Å²) in [5.74, 6) is 0. The standard InChI is InChI=1S/C22H20/c1-4-20-21(18-12-8-16(2)9-13-18)6-5-7-22(20)19-14-10-17(3)11-15-19/h4-15H,1H2,2-3H3. The molecule has 0 N–H and O–H groups in total. The molecule has 0 aliphatic carbocycles. The average molecular weight is 284 g/mol. The molecular weight excluding hydrogens is 264 g/mol. The van der Waals surface area contributed by atoms with E-state index in [4.69, 9.17) is 0 Å². The molecule has 0 heterocycles. The van der Waals surface area contributed by atoms with Gasteiger partial charge >= 0.3 is 0 Å². The Hall–Kier alpha value is -2.60. The van der Waals surface area contributed by atoms with E-state index in [1.165, 1.54) is 38.9 Å². The number of aryl methyl sites for hydroxylation is 2. The van der Waals surface area contributed by atoms with Crippen LogP contribution in [0.3, 0.4) is 0 Å². The molecular formula is C22H20. The lowest BCUT2D eigenvalue weighted by molar-refractivity contribution is 1.45. The van der Waals surface area contributed by atoms with E-state index in [9.17, 15) is 0 Å². The molecule has 0 saturated carbocycles. The molecule has 0 heteroatoms. The third-order valence-corrected chi connectivity index (χ3v) is 4.04. The smallest absolute Gasteiger partial charge is 0.0105 e. The maximum Gasteiger partial charge on any atom is -0.0105 e. The van der Waals surface area contributed by atoms with E-state index >= 15 is 0 Å². The van der Waals surface area contributed by atoms with Crippen LogP contribution in [-0.2, 0) is 0 Å². The second kappa shape index (κ2) is 6.03. The Balaban J connectivity index is 2.17. The van der Waals surface area contributed by atoms with Gasteiger partial charge in [0.1, 0.15) is 0 Å². The van der Waals surface area contributed by atoms with Crippen LogP contribution in [0.4, 0.5) is 0 Å². The summed E-state index contributed by atoms with van der Waals surface area (Å²) in [5, 5.41) is 0. The van der Waals surface area contributed by atoms with Gasteiger partial charge in [0.2, 0.25) is 0 Å². The minimum atomic E-state index is 1.19. The van der Waals surface area contributed by atoms with Crippen LogP contribution >= 0.6 is 0 Å². The van der Waals surface area contributed by atoms with Gasteiger partial charge in [-0.2, -0.15) is 0 Å². The van der Waals surface area contributed by atoms with Crippen LogP contribution in [0, 0.1) is 13.8 Å². The van der Waals surface area contributed by atoms with Gasteiger partial charge in [0, 0.05) is 0 Å². The topological polar surface area (TPSA) is 0 Å². The Labute approximate surface area is 132 Å². The maximum atomic E-state index is 4.04. The largest absolute Gasteiger partial charge is 0.0984 e. The number of benzene rings is 3. The molecule has 0 unspecified atom stereocenters. The van der Waals surface area contributed by atoms with Crippen LogP contribution in [0.1, 0.15) is 16.7 Å². The maximum absolute atomic E-state index is 4.04. The van der Waals surface area contributed by atoms with Crippen molar-refractivity contribution in [3.63, 3.8) is 0 Å². The first kappa shape index (κ1) is 14.3. The Morgan fingerprint density at radius 1 is 0.636 bits per heavy atom. The van der Waals surface area contributed by atoms with Gasteiger partial charge in [-0.25, -0.2) is 0 Å². The van der Waals surface area contributed by atoms with Gasteiger partial charge in [-0.05, 0) is 41.7 Å². The van der Waals surface area contributed by atoms with Gasteiger partial charge in [-0.3, -0.25) is 0 Å². The van der Waals surface area contributed by atoms with Crippen molar-refractivity contribution >= 4 is 6.08 Å². The minimum absolute atomic E-state index is 1.19. The first-order valence-electron chi connectivity index (χ1n) is 7.58. The van der Waals surface area contributed by atoms with E-state index in [1.54, 1.807) is 0 Å². The third kappa shape index (κ3) is 2.73. The molecule has 0 saturated heterocycles. The monoisotopic (exact) mass is 284 g/mol. The zero-order valence-corrected chi connectivity index (χ0v) is 13.1. The molecule has 0 aliphatic rings. The van der Waals surface area contributed by atoms with Crippen molar-refractivity contribution in [1.29, 1.82) is 0 Å². The summed E-state index contributed by atoms with van der Waals surface area (Å²) in [5.41, 5.74) is 8.66. The van der Waals surface area contributed by atoms with E-state index < -0.39 is 0 Å². The van der Waals surface area contributed by atoms with Gasteiger partial charge in [0.15, 0.2) is 0 Å². The molecule has 0 radical (unpaired) electrons. The molecule has 0 atom stereocenters. The molecule has 3 aromatic carbocycles. The highest BCUT2D eigenvalue weighted by atomic mass is 14.1. The zero-order valence-electron chi connectivity index (χ0n) is 13.1. The molecule has 0 bridgehead atoms. The van der Waals surface area contributed by atoms with E-state index in [-0.39, 0.29) is 0 Å². The summed E-state index contributed by atoms with van der Waals surface area (Å²) in [6.45, 7) is 8.26. The lowest BCUT2D eigenvalue weighted by atomic mass is 9.91. The van der Waals surface area contributed by atoms with E-state index in [0.29, 0.717) is 0 Å². The number of hydrogen-bond donors (Lipinski definition) is 0. The van der Waals surface area contributed by atoms with Crippen LogP contribution in [0.2, 0.25) is 0 Å². The predicted octanol–water partition coefficient (Wildman–Crippen LogP) is 6.28. The Morgan fingerprint density at radius 3 is 1.41 bits per heavy atom. The fourth-order valence-electron chi connectivity index (χ4n) is 2.75. The molecule has 22 heavy (non-hydrogen) atoms. The van der Waals surface area contributed by atoms with E-state index in [2.05, 4.69) is 87.2 Å². The van der Waals surface area contributed by atoms with Crippen molar-refractivity contribution in [2.75, 3.05) is 0 Å². The highest BCUT2D eigenvalue weighted by Gasteiger charge is 2.09. The average Bonchev–Trinajstić information content (AvgIpc) is 2.55. The van der Waals surface area contributed by atoms with Crippen LogP contribution in [-0.4, -0.2) is 0 Å². The van der Waals surface area contributed by atoms with Crippen LogP contribution < -0.4 is 0 Å². The van der Waals surface area contributed by atoms with E-state index in [0.717, 1.165) is 0 Å². The van der Waals surface area contributed by atoms with Gasteiger partial charge in [-0.1, -0.05) is 90.5 Å². The molecule has 0 aromatic heterocycles. The van der Waals surface area contributed by atoms with Crippen LogP contribution in [0.25, 0.3) is 28.3 Å². The SMILES string of the molecule is C=Cc1c(-c2ccc(C)cc2)cccc1-c1ccc(C)cc1. The van der Waals surface area contributed by atoms with Crippen molar-refractivity contribution < 1.29 is 0 Å². The van der Waals surface area contributed by atoms with Gasteiger partial charge in [-0.15, -0.1) is 0 Å². The van der Waals surface area contributed by atoms with Crippen LogP contribution in [0.5, 0.6) is 0 Å². The minimum Gasteiger partial charge on any atom is -0.0984 e. The number of rotatable bonds is 3. The summed E-state index contributed by atoms with van der Waals surface area (Å²) < 4.78 is 0. The fourth-order valence-corrected chi connectivity index (χ4v) is 2.75. The molecule has 0 spiro atoms. The van der Waals surface area contributed by atoms with Crippen molar-refractivity contribution in [2.45, 2.75) is 13.8 Å². The van der Waals surface area contributed by atoms with Gasteiger partial charge < -0.3 is 0 Å². The van der Waals surface area contributed by atoms with Crippen LogP contribution in [0.15, 0.2) is 73.3 Å². The molecule has 3 aromatic rings. The number of hydrogen-bond acceptors (Lipinski definition) is 0. The summed E-state index contributed by atoms with van der Waals surface area (Å²) in [7, 11) is 0. The third-order valence-electron chi connectivity index (χ3n) is 4.04. The normalized spacial score (nSPS) is 10.5. The van der Waals surface area contributed by atoms with Gasteiger partial charge in [0.25, 0.3) is 0 Å². The van der Waals surface area contributed by atoms with Crippen molar-refractivity contribution in [3.8, 4) is 22.3 Å². The molecule has 0 nitrogen and oxygen atoms in total. The van der Waals surface area contributed by atoms with E-state index in [1.807, 2.05) is 6.08 Å². The molecule has 108 valence electrons. The quantitative estimate of drug-likeness (QED) is 0.531. The summed E-state index contributed by atoms with van der Waals surface area (Å²) >= 11 is 0. The first-order valence-corrected chi connectivity index (χ1v) is 7.58. The lowest BCUT2D eigenvalue weighted by Gasteiger charge is -2.13. The molecule has 3 rings (SSSR count). The fraction of sp³-hybridized carbons (Fsp3) is 0.0909. The Morgan fingerprint density at radius 2 is 1.05 bits per heavy atom. The second-order valence-corrected chi connectivity index (χ2v) is 5.70. The first-order chi connectivity index (χ1) is 10.7. The second-order valence-electron chi connectivity index (χ2n) is 5.70. The lowest BCUT2D eigenvalue weighted by Crippen LogP contribution is -1.89. The van der Waals surface area contributed by atoms with Gasteiger partial charge in [0.05, 0.1) is 0 Å². The van der Waals surface area contributed by atoms with Crippen molar-refractivity contribution in [2.24, 2.45) is 0 Å². The Kier molecular flexibility index (Phi) is 3.93. The Bertz CT molecular complexity index is 727. The molecule has 0 aliphatic heterocycles. The highest BCUT2D eigenvalue weighted by molar-refractivity contribution is 5.86. The summed E-state index contributed by atoms with van der Waals surface area (Å²) in [6, 6.07) is 23.8. The highest BCUT2D eigenvalue weighted by Crippen LogP contribution is 2.33.